The van der Waals surface area contributed by atoms with Crippen LogP contribution in [0.25, 0.3) is 0 Å². The third kappa shape index (κ3) is 3.59. The number of hydrogen-bond donors (Lipinski definition) is 0. The van der Waals surface area contributed by atoms with Crippen LogP contribution in [-0.2, 0) is 0 Å². The molecule has 0 radical (unpaired) electrons. The van der Waals surface area contributed by atoms with E-state index < -0.39 is 0 Å². The molecule has 0 bridgehead atoms. The van der Waals surface area contributed by atoms with Crippen molar-refractivity contribution in [1.82, 2.24) is 15.2 Å². The fraction of sp³-hybridized carbons (Fsp3) is 0.333. The molecule has 1 heterocycles. The van der Waals surface area contributed by atoms with Gasteiger partial charge in [-0.1, -0.05) is 0 Å². The summed E-state index contributed by atoms with van der Waals surface area (Å²) in [6.07, 6.45) is 5.08. The van der Waals surface area contributed by atoms with Gasteiger partial charge in [-0.15, -0.1) is 6.92 Å². The largest absolute Gasteiger partial charge is 2.00 e. The van der Waals surface area contributed by atoms with E-state index in [0.29, 0.717) is 11.6 Å². The number of rotatable bonds is 1. The van der Waals surface area contributed by atoms with Gasteiger partial charge >= 0.3 is 31.1 Å². The molecule has 1 rings (SSSR count). The number of nitrogens with zero attached hydrogens (tertiary/aromatic N) is 4. The first-order valence-electron chi connectivity index (χ1n) is 2.79. The number of aliphatic imine (C=N–C) groups is 1. The number of hydrogen-bond acceptors (Lipinski definition) is 4. The molecule has 0 atom stereocenters. The standard InChI is InChI=1S/C6H6N4.U/c1-3-7-6-4-8-10-5(2)9-6;/h1-2H3;/q-2;+2. The molecule has 0 spiro atoms. The van der Waals surface area contributed by atoms with Crippen molar-refractivity contribution in [1.29, 1.82) is 0 Å². The smallest absolute Gasteiger partial charge is 0.473 e. The molecular formula is C6H6N4U. The van der Waals surface area contributed by atoms with E-state index in [1.807, 2.05) is 0 Å². The van der Waals surface area contributed by atoms with Gasteiger partial charge in [0.15, 0.2) is 0 Å². The first kappa shape index (κ1) is 10.7. The van der Waals surface area contributed by atoms with E-state index in [1.54, 1.807) is 13.8 Å². The minimum Gasteiger partial charge on any atom is -0.473 e. The van der Waals surface area contributed by atoms with E-state index in [0.717, 1.165) is 0 Å². The quantitative estimate of drug-likeness (QED) is 0.536. The molecule has 0 fully saturated rings. The average Bonchev–Trinajstić information content (AvgIpc) is 1.88. The Morgan fingerprint density at radius 2 is 2.27 bits per heavy atom. The van der Waals surface area contributed by atoms with Crippen molar-refractivity contribution in [2.45, 2.75) is 13.8 Å². The molecule has 0 unspecified atom stereocenters. The van der Waals surface area contributed by atoms with E-state index in [9.17, 15) is 0 Å². The maximum Gasteiger partial charge on any atom is 2.00 e. The van der Waals surface area contributed by atoms with Crippen LogP contribution in [0, 0.1) is 44.2 Å². The van der Waals surface area contributed by atoms with Crippen molar-refractivity contribution >= 4 is 12.0 Å². The summed E-state index contributed by atoms with van der Waals surface area (Å²) in [6.45, 7) is 3.43. The fourth-order valence-corrected chi connectivity index (χ4v) is 0.499. The van der Waals surface area contributed by atoms with Gasteiger partial charge in [-0.25, -0.2) is 0 Å². The fourth-order valence-electron chi connectivity index (χ4n) is 0.499. The van der Waals surface area contributed by atoms with Crippen LogP contribution in [0.4, 0.5) is 5.82 Å². The zero-order chi connectivity index (χ0) is 7.40. The molecule has 0 aliphatic rings. The molecule has 0 aliphatic heterocycles. The second-order valence-electron chi connectivity index (χ2n) is 1.63. The Bertz CT molecular complexity index is 248. The molecule has 11 heavy (non-hydrogen) atoms. The minimum atomic E-state index is 0. The zero-order valence-electron chi connectivity index (χ0n) is 6.29. The summed E-state index contributed by atoms with van der Waals surface area (Å²) in [5.74, 6) is 1.02. The molecule has 0 saturated carbocycles. The number of aryl methyl sites for hydroxylation is 1. The van der Waals surface area contributed by atoms with Crippen LogP contribution in [0.1, 0.15) is 12.7 Å². The molecule has 0 N–H and O–H groups in total. The first-order chi connectivity index (χ1) is 4.83. The second-order valence-corrected chi connectivity index (χ2v) is 1.63. The van der Waals surface area contributed by atoms with Gasteiger partial charge in [-0.3, -0.25) is 0 Å². The van der Waals surface area contributed by atoms with Gasteiger partial charge in [0, 0.05) is 0 Å². The monoisotopic (exact) mass is 372 g/mol. The zero-order valence-corrected chi connectivity index (χ0v) is 10.5. The van der Waals surface area contributed by atoms with Gasteiger partial charge in [0.1, 0.15) is 5.82 Å². The summed E-state index contributed by atoms with van der Waals surface area (Å²) >= 11 is 0. The van der Waals surface area contributed by atoms with Crippen molar-refractivity contribution in [3.8, 4) is 0 Å². The Morgan fingerprint density at radius 1 is 1.55 bits per heavy atom. The average molecular weight is 372 g/mol. The van der Waals surface area contributed by atoms with Crippen molar-refractivity contribution in [3.63, 3.8) is 0 Å². The Labute approximate surface area is 88.9 Å². The summed E-state index contributed by atoms with van der Waals surface area (Å²) in [5, 5.41) is 7.15. The molecule has 1 aromatic rings. The maximum absolute atomic E-state index is 3.90. The van der Waals surface area contributed by atoms with Crippen LogP contribution in [0.15, 0.2) is 4.99 Å². The molecule has 0 aromatic carbocycles. The Balaban J connectivity index is 0.000001000. The third-order valence-electron chi connectivity index (χ3n) is 0.830. The summed E-state index contributed by atoms with van der Waals surface area (Å²) in [5.41, 5.74) is 0. The normalized spacial score (nSPS) is 9.64. The third-order valence-corrected chi connectivity index (χ3v) is 0.830. The van der Waals surface area contributed by atoms with Gasteiger partial charge in [0.2, 0.25) is 0 Å². The first-order valence-corrected chi connectivity index (χ1v) is 2.79. The van der Waals surface area contributed by atoms with Crippen LogP contribution >= 0.6 is 0 Å². The number of aromatic nitrogens is 3. The van der Waals surface area contributed by atoms with Gasteiger partial charge in [-0.05, 0) is 6.92 Å². The topological polar surface area (TPSA) is 51.0 Å². The van der Waals surface area contributed by atoms with Gasteiger partial charge in [0.25, 0.3) is 0 Å². The van der Waals surface area contributed by atoms with E-state index in [-0.39, 0.29) is 31.1 Å². The molecule has 5 heteroatoms. The second kappa shape index (κ2) is 5.39. The van der Waals surface area contributed by atoms with E-state index in [1.165, 1.54) is 0 Å². The van der Waals surface area contributed by atoms with Crippen molar-refractivity contribution in [2.24, 2.45) is 4.99 Å². The van der Waals surface area contributed by atoms with Gasteiger partial charge < -0.3 is 21.3 Å². The van der Waals surface area contributed by atoms with Crippen LogP contribution < -0.4 is 0 Å². The van der Waals surface area contributed by atoms with Crippen molar-refractivity contribution < 1.29 is 31.1 Å². The van der Waals surface area contributed by atoms with Crippen LogP contribution in [0.5, 0.6) is 0 Å². The van der Waals surface area contributed by atoms with E-state index >= 15 is 0 Å². The molecule has 1 aromatic heterocycles. The van der Waals surface area contributed by atoms with Crippen LogP contribution in [-0.4, -0.2) is 21.4 Å². The summed E-state index contributed by atoms with van der Waals surface area (Å²) in [6, 6.07) is 0. The Hall–Kier alpha value is -0.268. The van der Waals surface area contributed by atoms with E-state index in [4.69, 9.17) is 0 Å². The minimum absolute atomic E-state index is 0. The molecule has 0 saturated heterocycles. The van der Waals surface area contributed by atoms with Crippen molar-refractivity contribution in [2.75, 3.05) is 0 Å². The molecular weight excluding hydrogens is 366 g/mol. The maximum atomic E-state index is 3.90. The molecule has 54 valence electrons. The predicted molar refractivity (Wildman–Crippen MR) is 36.2 cm³/mol. The van der Waals surface area contributed by atoms with E-state index in [2.05, 4.69) is 32.6 Å². The molecule has 4 nitrogen and oxygen atoms in total. The Kier molecular flexibility index (Phi) is 5.26. The van der Waals surface area contributed by atoms with Crippen molar-refractivity contribution in [3.05, 3.63) is 12.0 Å². The van der Waals surface area contributed by atoms with Gasteiger partial charge in [-0.2, -0.15) is 17.1 Å². The van der Waals surface area contributed by atoms with Crippen LogP contribution in [0.3, 0.4) is 0 Å². The summed E-state index contributed by atoms with van der Waals surface area (Å²) in [4.78, 5) is 7.65. The Morgan fingerprint density at radius 3 is 2.82 bits per heavy atom. The van der Waals surface area contributed by atoms with Crippen LogP contribution in [0.2, 0.25) is 0 Å². The predicted octanol–water partition coefficient (Wildman–Crippen LogP) is 0.579. The molecule has 0 aliphatic carbocycles. The SMILES string of the molecule is C[C-]=Nc1[c-]nnc(C)n1.[U+2]. The van der Waals surface area contributed by atoms with Gasteiger partial charge in [0.05, 0.1) is 0 Å². The summed E-state index contributed by atoms with van der Waals surface area (Å²) in [7, 11) is 0. The molecule has 0 amide bonds. The summed E-state index contributed by atoms with van der Waals surface area (Å²) < 4.78 is 0.